The number of anilines is 2. The van der Waals surface area contributed by atoms with Gasteiger partial charge in [-0.05, 0) is 80.8 Å². The van der Waals surface area contributed by atoms with Crippen LogP contribution in [0.15, 0.2) is 41.1 Å². The maximum absolute atomic E-state index is 13.4. The third-order valence-corrected chi connectivity index (χ3v) is 9.49. The zero-order valence-electron chi connectivity index (χ0n) is 25.3. The summed E-state index contributed by atoms with van der Waals surface area (Å²) in [5.41, 5.74) is 3.88. The van der Waals surface area contributed by atoms with Crippen LogP contribution in [0.2, 0.25) is 0 Å². The topological polar surface area (TPSA) is 125 Å². The van der Waals surface area contributed by atoms with Crippen molar-refractivity contribution in [3.05, 3.63) is 64.9 Å². The molecule has 44 heavy (non-hydrogen) atoms. The number of pyridine rings is 1. The molecule has 2 saturated heterocycles. The highest BCUT2D eigenvalue weighted by molar-refractivity contribution is 5.95. The van der Waals surface area contributed by atoms with Crippen molar-refractivity contribution in [3.8, 4) is 5.75 Å². The van der Waals surface area contributed by atoms with E-state index in [1.54, 1.807) is 0 Å². The minimum absolute atomic E-state index is 0.182. The normalized spacial score (nSPS) is 22.3. The number of aliphatic hydroxyl groups is 1. The molecule has 7 rings (SSSR count). The summed E-state index contributed by atoms with van der Waals surface area (Å²) in [6.07, 6.45) is 7.26. The Balaban J connectivity index is 0.941. The highest BCUT2D eigenvalue weighted by atomic mass is 16.5. The number of carbonyl (C=O) groups is 1. The summed E-state index contributed by atoms with van der Waals surface area (Å²) in [6.45, 7) is 5.89. The first-order valence-corrected chi connectivity index (χ1v) is 16.0. The maximum atomic E-state index is 13.4. The highest BCUT2D eigenvalue weighted by Crippen LogP contribution is 2.35. The van der Waals surface area contributed by atoms with Crippen LogP contribution in [-0.4, -0.2) is 83.0 Å². The lowest BCUT2D eigenvalue weighted by Gasteiger charge is -2.36. The number of fused-ring (bicyclic) bond motifs is 3. The number of hydrogen-bond donors (Lipinski definition) is 3. The lowest BCUT2D eigenvalue weighted by molar-refractivity contribution is 0.0841. The number of rotatable bonds is 11. The molecule has 3 aliphatic heterocycles. The van der Waals surface area contributed by atoms with E-state index in [1.165, 1.54) is 23.9 Å². The number of ether oxygens (including phenoxy) is 2. The zero-order chi connectivity index (χ0) is 30.0. The summed E-state index contributed by atoms with van der Waals surface area (Å²) in [5, 5.41) is 17.4. The van der Waals surface area contributed by atoms with Crippen molar-refractivity contribution in [3.63, 3.8) is 0 Å². The monoisotopic (exact) mass is 602 g/mol. The van der Waals surface area contributed by atoms with Gasteiger partial charge in [-0.2, -0.15) is 0 Å². The van der Waals surface area contributed by atoms with Gasteiger partial charge in [0.15, 0.2) is 12.2 Å². The number of hydrogen-bond acceptors (Lipinski definition) is 10. The van der Waals surface area contributed by atoms with Crippen LogP contribution in [0, 0.1) is 6.92 Å². The summed E-state index contributed by atoms with van der Waals surface area (Å²) in [6, 6.07) is 10.9. The van der Waals surface area contributed by atoms with E-state index in [1.807, 2.05) is 25.1 Å². The van der Waals surface area contributed by atoms with Crippen LogP contribution in [0.3, 0.4) is 0 Å². The van der Waals surface area contributed by atoms with E-state index in [4.69, 9.17) is 18.9 Å². The van der Waals surface area contributed by atoms with Crippen LogP contribution in [0.1, 0.15) is 65.0 Å². The van der Waals surface area contributed by atoms with Crippen LogP contribution >= 0.6 is 0 Å². The second kappa shape index (κ2) is 12.7. The Morgan fingerprint density at radius 3 is 2.73 bits per heavy atom. The lowest BCUT2D eigenvalue weighted by atomic mass is 9.93. The Morgan fingerprint density at radius 2 is 1.98 bits per heavy atom. The van der Waals surface area contributed by atoms with E-state index >= 15 is 0 Å². The van der Waals surface area contributed by atoms with E-state index in [0.29, 0.717) is 50.1 Å². The molecule has 11 heteroatoms. The molecule has 3 atom stereocenters. The van der Waals surface area contributed by atoms with Gasteiger partial charge in [0, 0.05) is 37.8 Å². The first-order valence-electron chi connectivity index (χ1n) is 16.0. The molecular formula is C33H42N6O5. The third kappa shape index (κ3) is 6.40. The fourth-order valence-electron chi connectivity index (χ4n) is 6.74. The SMILES string of the molecule is Cc1ncoc1COc1ccc2c(c1)CCN(C[C@@H](O)CNC(=O)c1cc(NC3CCC3)nc(N3[C@@H]4CC[C@H]3COC4)c1)C2. The van der Waals surface area contributed by atoms with Gasteiger partial charge in [-0.25, -0.2) is 9.97 Å². The number of morpholine rings is 1. The average molecular weight is 603 g/mol. The van der Waals surface area contributed by atoms with Gasteiger partial charge in [-0.15, -0.1) is 0 Å². The van der Waals surface area contributed by atoms with Crippen molar-refractivity contribution in [2.75, 3.05) is 43.1 Å². The van der Waals surface area contributed by atoms with E-state index in [0.717, 1.165) is 74.0 Å². The first kappa shape index (κ1) is 29.1. The molecule has 234 valence electrons. The van der Waals surface area contributed by atoms with Gasteiger partial charge in [0.1, 0.15) is 24.0 Å². The van der Waals surface area contributed by atoms with Crippen molar-refractivity contribution >= 4 is 17.5 Å². The molecule has 11 nitrogen and oxygen atoms in total. The summed E-state index contributed by atoms with van der Waals surface area (Å²) in [5.74, 6) is 2.93. The van der Waals surface area contributed by atoms with Crippen molar-refractivity contribution < 1.29 is 23.8 Å². The smallest absolute Gasteiger partial charge is 0.251 e. The first-order chi connectivity index (χ1) is 21.5. The number of β-amino-alcohol motifs (C(OH)–C–C–N with tert-alkyl or cyclic N) is 1. The van der Waals surface area contributed by atoms with Gasteiger partial charge in [0.25, 0.3) is 5.91 Å². The predicted octanol–water partition coefficient (Wildman–Crippen LogP) is 3.44. The Labute approximate surface area is 257 Å². The molecular weight excluding hydrogens is 560 g/mol. The quantitative estimate of drug-likeness (QED) is 0.301. The van der Waals surface area contributed by atoms with Crippen LogP contribution in [0.4, 0.5) is 11.6 Å². The van der Waals surface area contributed by atoms with Gasteiger partial charge < -0.3 is 34.5 Å². The number of benzene rings is 1. The van der Waals surface area contributed by atoms with Gasteiger partial charge in [0.05, 0.1) is 37.1 Å². The summed E-state index contributed by atoms with van der Waals surface area (Å²) >= 11 is 0. The molecule has 0 spiro atoms. The fourth-order valence-corrected chi connectivity index (χ4v) is 6.74. The molecule has 2 aromatic heterocycles. The number of carbonyl (C=O) groups excluding carboxylic acids is 1. The molecule has 1 amide bonds. The molecule has 4 aliphatic rings. The van der Waals surface area contributed by atoms with Gasteiger partial charge >= 0.3 is 0 Å². The molecule has 3 aromatic rings. The molecule has 2 bridgehead atoms. The average Bonchev–Trinajstić information content (AvgIpc) is 3.54. The van der Waals surface area contributed by atoms with Gasteiger partial charge in [-0.1, -0.05) is 6.07 Å². The number of aryl methyl sites for hydroxylation is 1. The van der Waals surface area contributed by atoms with E-state index in [-0.39, 0.29) is 12.5 Å². The maximum Gasteiger partial charge on any atom is 0.251 e. The van der Waals surface area contributed by atoms with Crippen LogP contribution in [-0.2, 0) is 24.3 Å². The summed E-state index contributed by atoms with van der Waals surface area (Å²) < 4.78 is 17.1. The standard InChI is InChI=1S/C33H42N6O5/c1-21-30(44-20-35-21)19-43-29-8-5-23-15-38(10-9-22(23)11-29)16-28(40)14-34-33(41)24-12-31(36-25-3-2-4-25)37-32(13-24)39-26-6-7-27(39)18-42-17-26/h5,8,11-13,20,25-28,40H,2-4,6-7,9-10,14-19H2,1H3,(H,34,41)(H,36,37)/t26-,27+,28-/m0/s1. The molecule has 0 radical (unpaired) electrons. The van der Waals surface area contributed by atoms with Crippen molar-refractivity contribution in [1.29, 1.82) is 0 Å². The Kier molecular flexibility index (Phi) is 8.42. The number of aromatic nitrogens is 2. The van der Waals surface area contributed by atoms with Crippen molar-refractivity contribution in [2.24, 2.45) is 0 Å². The minimum atomic E-state index is -0.683. The minimum Gasteiger partial charge on any atom is -0.486 e. The van der Waals surface area contributed by atoms with Crippen LogP contribution in [0.5, 0.6) is 5.75 Å². The lowest BCUT2D eigenvalue weighted by Crippen LogP contribution is -2.46. The molecule has 0 unspecified atom stereocenters. The second-order valence-corrected chi connectivity index (χ2v) is 12.6. The zero-order valence-corrected chi connectivity index (χ0v) is 25.3. The van der Waals surface area contributed by atoms with Crippen LogP contribution < -0.4 is 20.3 Å². The van der Waals surface area contributed by atoms with Gasteiger partial charge in [0.2, 0.25) is 0 Å². The fraction of sp³-hybridized carbons (Fsp3) is 0.545. The van der Waals surface area contributed by atoms with Crippen molar-refractivity contribution in [2.45, 2.75) is 82.8 Å². The molecule has 1 saturated carbocycles. The molecule has 3 N–H and O–H groups in total. The summed E-state index contributed by atoms with van der Waals surface area (Å²) in [4.78, 5) is 27.0. The molecule has 1 aromatic carbocycles. The Hall–Kier alpha value is -3.67. The van der Waals surface area contributed by atoms with Crippen LogP contribution in [0.25, 0.3) is 0 Å². The number of aliphatic hydroxyl groups excluding tert-OH is 1. The molecule has 5 heterocycles. The Bertz CT molecular complexity index is 1460. The second-order valence-electron chi connectivity index (χ2n) is 12.6. The Morgan fingerprint density at radius 1 is 1.14 bits per heavy atom. The number of nitrogens with zero attached hydrogens (tertiary/aromatic N) is 4. The number of amides is 1. The predicted molar refractivity (Wildman–Crippen MR) is 165 cm³/mol. The number of nitrogens with one attached hydrogen (secondary N) is 2. The van der Waals surface area contributed by atoms with E-state index in [2.05, 4.69) is 37.6 Å². The largest absolute Gasteiger partial charge is 0.486 e. The third-order valence-electron chi connectivity index (χ3n) is 9.49. The molecule has 1 aliphatic carbocycles. The van der Waals surface area contributed by atoms with Gasteiger partial charge in [-0.3, -0.25) is 9.69 Å². The highest BCUT2D eigenvalue weighted by Gasteiger charge is 2.38. The van der Waals surface area contributed by atoms with E-state index in [9.17, 15) is 9.90 Å². The molecule has 3 fully saturated rings. The number of oxazole rings is 1. The van der Waals surface area contributed by atoms with Crippen molar-refractivity contribution in [1.82, 2.24) is 20.2 Å². The summed E-state index contributed by atoms with van der Waals surface area (Å²) in [7, 11) is 0. The van der Waals surface area contributed by atoms with E-state index < -0.39 is 6.10 Å².